The Balaban J connectivity index is 0.000000793. The van der Waals surface area contributed by atoms with Gasteiger partial charge >= 0.3 is 70.4 Å². The van der Waals surface area contributed by atoms with Crippen molar-refractivity contribution < 1.29 is 59.0 Å². The van der Waals surface area contributed by atoms with E-state index >= 15 is 0 Å². The summed E-state index contributed by atoms with van der Waals surface area (Å²) in [5, 5.41) is 4.48. The number of benzene rings is 8. The van der Waals surface area contributed by atoms with Gasteiger partial charge in [0, 0.05) is 42.9 Å². The molecule has 6 heterocycles. The minimum Gasteiger partial charge on any atom is -0.395 e. The highest BCUT2D eigenvalue weighted by Crippen LogP contribution is 2.44. The van der Waals surface area contributed by atoms with Gasteiger partial charge in [-0.1, -0.05) is 270 Å². The summed E-state index contributed by atoms with van der Waals surface area (Å²) in [5.74, 6) is 0. The third kappa shape index (κ3) is 10.6. The first-order chi connectivity index (χ1) is 38.8. The Bertz CT molecular complexity index is 2830. The van der Waals surface area contributed by atoms with E-state index in [9.17, 15) is 0 Å². The second-order valence-corrected chi connectivity index (χ2v) is 44.9. The SMILES string of the molecule is [2H]B(C)C.[2H]C([B])C.c1ccc([Si]23O[SiH2]O[Si]4(c5ccccc5)O[Si]5(c6ccccc6)O[Si]6(c7ccccc7)O[SiH2]O[Si](c7ccccc7)(O[Si](c7ccccc7)(O2)O5)O[Si](c2ccccc2)(O3)O[Si](c2ccccc2)(O4)O6)cc1. The Morgan fingerprint density at radius 3 is 0.564 bits per heavy atom. The molecule has 6 saturated heterocycles. The number of rotatable bonds is 8. The van der Waals surface area contributed by atoms with E-state index in [1.54, 1.807) is 6.92 Å². The second kappa shape index (κ2) is 23.5. The summed E-state index contributed by atoms with van der Waals surface area (Å²) in [6.45, 7) is 5.28. The molecule has 0 saturated carbocycles. The Morgan fingerprint density at radius 2 is 0.423 bits per heavy atom. The summed E-state index contributed by atoms with van der Waals surface area (Å²) in [7, 11) is -38.2. The molecule has 6 aliphatic rings. The Labute approximate surface area is 473 Å². The smallest absolute Gasteiger partial charge is 0.395 e. The second-order valence-electron chi connectivity index (χ2n) is 18.1. The van der Waals surface area contributed by atoms with Crippen LogP contribution in [-0.4, -0.2) is 107 Å². The van der Waals surface area contributed by atoms with Crippen molar-refractivity contribution in [3.8, 4) is 0 Å². The monoisotopic (exact) mass is 1210 g/mol. The lowest BCUT2D eigenvalue weighted by Gasteiger charge is -2.58. The van der Waals surface area contributed by atoms with Crippen LogP contribution in [0.5, 0.6) is 0 Å². The van der Waals surface area contributed by atoms with Gasteiger partial charge in [0.05, 0.1) is 7.85 Å². The average Bonchev–Trinajstić information content (AvgIpc) is 3.41. The third-order valence-corrected chi connectivity index (χ3v) is 50.5. The zero-order valence-electron chi connectivity index (χ0n) is 45.0. The summed E-state index contributed by atoms with van der Waals surface area (Å²) in [6.07, 6.45) is -0.417. The molecule has 8 aromatic rings. The molecule has 8 bridgehead atoms. The van der Waals surface area contributed by atoms with Crippen molar-refractivity contribution in [1.29, 1.82) is 1.34 Å². The first kappa shape index (κ1) is 52.8. The molecule has 14 nitrogen and oxygen atoms in total. The summed E-state index contributed by atoms with van der Waals surface area (Å²) in [4.78, 5) is 0. The molecule has 0 N–H and O–H groups in total. The van der Waals surface area contributed by atoms with Crippen LogP contribution in [0.1, 0.15) is 8.29 Å². The fourth-order valence-corrected chi connectivity index (χ4v) is 59.2. The normalized spacial score (nSPS) is 32.3. The van der Waals surface area contributed by atoms with Gasteiger partial charge in [0.15, 0.2) is 0 Å². The summed E-state index contributed by atoms with van der Waals surface area (Å²) >= 11 is 0. The van der Waals surface area contributed by atoms with Crippen LogP contribution in [0, 0.1) is 0 Å². The molecule has 0 spiro atoms. The molecule has 78 heavy (non-hydrogen) atoms. The van der Waals surface area contributed by atoms with Crippen LogP contribution < -0.4 is 41.5 Å². The minimum atomic E-state index is -4.91. The van der Waals surface area contributed by atoms with E-state index in [4.69, 9.17) is 68.2 Å². The lowest BCUT2D eigenvalue weighted by Crippen LogP contribution is -2.91. The highest BCUT2D eigenvalue weighted by molar-refractivity contribution is 7.11. The maximum Gasteiger partial charge on any atom is 0.515 e. The van der Waals surface area contributed by atoms with Crippen molar-refractivity contribution >= 4 is 147 Å². The zero-order valence-corrected chi connectivity index (χ0v) is 53.8. The summed E-state index contributed by atoms with van der Waals surface area (Å²) < 4.78 is 124. The lowest BCUT2D eigenvalue weighted by molar-refractivity contribution is 0.0333. The van der Waals surface area contributed by atoms with Crippen molar-refractivity contribution in [3.63, 3.8) is 0 Å². The van der Waals surface area contributed by atoms with E-state index in [1.807, 2.05) is 256 Å². The zero-order chi connectivity index (χ0) is 55.4. The Hall–Kier alpha value is -4.50. The fourth-order valence-electron chi connectivity index (χ4n) is 9.36. The van der Waals surface area contributed by atoms with Crippen LogP contribution in [0.25, 0.3) is 0 Å². The molecular weight excluding hydrogens is 1150 g/mol. The molecule has 14 rings (SSSR count). The largest absolute Gasteiger partial charge is 0.515 e. The lowest BCUT2D eigenvalue weighted by atomic mass is 9.88. The molecule has 2 radical (unpaired) electrons. The maximum atomic E-state index is 8.25. The van der Waals surface area contributed by atoms with Crippen molar-refractivity contribution in [2.24, 2.45) is 0 Å². The molecule has 1 unspecified atom stereocenters. The highest BCUT2D eigenvalue weighted by atomic mass is 28.6. The van der Waals surface area contributed by atoms with Gasteiger partial charge in [-0.25, -0.2) is 0 Å². The molecule has 26 heteroatoms. The van der Waals surface area contributed by atoms with E-state index in [1.165, 1.54) is 0 Å². The van der Waals surface area contributed by atoms with Crippen LogP contribution in [0.3, 0.4) is 0 Å². The van der Waals surface area contributed by atoms with E-state index in [0.717, 1.165) is 0 Å². The first-order valence-corrected chi connectivity index (χ1v) is 41.5. The van der Waals surface area contributed by atoms with Gasteiger partial charge in [0.2, 0.25) is 0 Å². The molecular formula is C52H56B2O14Si10. The molecule has 0 amide bonds. The van der Waals surface area contributed by atoms with E-state index in [0.29, 0.717) is 41.5 Å². The van der Waals surface area contributed by atoms with E-state index in [2.05, 4.69) is 0 Å². The summed E-state index contributed by atoms with van der Waals surface area (Å²) in [5.41, 5.74) is 0. The van der Waals surface area contributed by atoms with Crippen molar-refractivity contribution in [3.05, 3.63) is 243 Å². The van der Waals surface area contributed by atoms with Crippen LogP contribution in [0.2, 0.25) is 19.9 Å². The minimum absolute atomic E-state index is 0.0833. The van der Waals surface area contributed by atoms with Crippen molar-refractivity contribution in [2.75, 3.05) is 0 Å². The number of hydrogen-bond donors (Lipinski definition) is 0. The molecule has 6 aliphatic heterocycles. The molecule has 6 fully saturated rings. The topological polar surface area (TPSA) is 129 Å². The van der Waals surface area contributed by atoms with Gasteiger partial charge in [-0.2, -0.15) is 0 Å². The highest BCUT2D eigenvalue weighted by Gasteiger charge is 2.81. The van der Waals surface area contributed by atoms with Crippen LogP contribution in [-0.2, 0) is 57.6 Å². The van der Waals surface area contributed by atoms with Gasteiger partial charge < -0.3 is 57.6 Å². The molecule has 394 valence electrons. The maximum absolute atomic E-state index is 8.25. The molecule has 0 aliphatic carbocycles. The fraction of sp³-hybridized carbons (Fsp3) is 0.0769. The predicted octanol–water partition coefficient (Wildman–Crippen LogP) is 2.17. The molecule has 0 aromatic heterocycles. The van der Waals surface area contributed by atoms with Crippen molar-refractivity contribution in [2.45, 2.75) is 26.9 Å². The Morgan fingerprint density at radius 1 is 0.308 bits per heavy atom. The first-order valence-electron chi connectivity index (χ1n) is 26.6. The Kier molecular flexibility index (Phi) is 15.9. The van der Waals surface area contributed by atoms with Crippen LogP contribution in [0.4, 0.5) is 0 Å². The van der Waals surface area contributed by atoms with E-state index in [-0.39, 0.29) is 7.24 Å². The van der Waals surface area contributed by atoms with Gasteiger partial charge in [-0.05, 0) is 1.34 Å². The standard InChI is InChI=1S/C48H44O14Si10.C2H7B.C2H5B/c1-9-25-41(26-10-1)65-49-63-50-66(42-27-11-2-12-28-42)57-71(47-37-21-7-22-38-47)59-68(44-31-15-4-16-32-44)52-64-51-67(43-29-13-3-14-30-43,55-69(53-65,61-71)45-33-17-5-18-34-45)56-70(54-65,46-35-19-6-20-36-46)62-72(58-66,60-68)48-39-23-8-24-40-48;1-3-2;1-2-3/h1-40H,63-64H2;3H,1-2H3;2H2,1H3/i;3D;2D. The summed E-state index contributed by atoms with van der Waals surface area (Å²) in [6, 6.07) is 76.9. The molecule has 8 aromatic carbocycles. The van der Waals surface area contributed by atoms with Gasteiger partial charge in [0.1, 0.15) is 7.24 Å². The number of fused-ring (bicyclic) bond motifs is 4. The van der Waals surface area contributed by atoms with Crippen LogP contribution >= 0.6 is 0 Å². The van der Waals surface area contributed by atoms with Crippen LogP contribution in [0.15, 0.2) is 243 Å². The number of hydrogen-bond acceptors (Lipinski definition) is 14. The van der Waals surface area contributed by atoms with Gasteiger partial charge in [-0.3, -0.25) is 0 Å². The molecule has 1 atom stereocenters. The van der Waals surface area contributed by atoms with Gasteiger partial charge in [0.25, 0.3) is 20.0 Å². The average molecular weight is 1210 g/mol. The third-order valence-electron chi connectivity index (χ3n) is 12.7. The predicted molar refractivity (Wildman–Crippen MR) is 322 cm³/mol. The quantitative estimate of drug-likeness (QED) is 0.206. The van der Waals surface area contributed by atoms with E-state index < -0.39 is 96.7 Å². The van der Waals surface area contributed by atoms with Gasteiger partial charge in [-0.15, -0.1) is 0 Å². The van der Waals surface area contributed by atoms with Crippen molar-refractivity contribution in [1.82, 2.24) is 0 Å².